The molecule has 0 saturated heterocycles. The molecule has 2 rings (SSSR count). The number of benzene rings is 1. The SMILES string of the molecule is COC(=O)c1ccccc1-c1ncn[nH]1. The molecule has 2 aromatic rings. The van der Waals surface area contributed by atoms with E-state index in [2.05, 4.69) is 19.9 Å². The van der Waals surface area contributed by atoms with E-state index in [1.54, 1.807) is 18.2 Å². The highest BCUT2D eigenvalue weighted by atomic mass is 16.5. The van der Waals surface area contributed by atoms with Crippen LogP contribution in [0, 0.1) is 0 Å². The third kappa shape index (κ3) is 1.71. The van der Waals surface area contributed by atoms with E-state index < -0.39 is 0 Å². The lowest BCUT2D eigenvalue weighted by atomic mass is 10.1. The number of esters is 1. The van der Waals surface area contributed by atoms with E-state index in [0.29, 0.717) is 17.0 Å². The van der Waals surface area contributed by atoms with Gasteiger partial charge in [0.1, 0.15) is 6.33 Å². The van der Waals surface area contributed by atoms with Gasteiger partial charge in [0.25, 0.3) is 0 Å². The molecule has 15 heavy (non-hydrogen) atoms. The first-order valence-electron chi connectivity index (χ1n) is 4.36. The number of rotatable bonds is 2. The number of carbonyl (C=O) groups is 1. The van der Waals surface area contributed by atoms with Crippen LogP contribution in [0.15, 0.2) is 30.6 Å². The number of nitrogens with zero attached hydrogens (tertiary/aromatic N) is 2. The minimum absolute atomic E-state index is 0.387. The van der Waals surface area contributed by atoms with Crippen molar-refractivity contribution in [2.24, 2.45) is 0 Å². The second kappa shape index (κ2) is 3.91. The first-order chi connectivity index (χ1) is 7.33. The Labute approximate surface area is 86.1 Å². The molecule has 5 heteroatoms. The molecule has 0 saturated carbocycles. The van der Waals surface area contributed by atoms with Gasteiger partial charge in [-0.15, -0.1) is 0 Å². The Hall–Kier alpha value is -2.17. The Bertz CT molecular complexity index is 465. The molecule has 1 N–H and O–H groups in total. The quantitative estimate of drug-likeness (QED) is 0.746. The zero-order valence-electron chi connectivity index (χ0n) is 8.10. The van der Waals surface area contributed by atoms with Crippen molar-refractivity contribution in [3.05, 3.63) is 36.2 Å². The highest BCUT2D eigenvalue weighted by Crippen LogP contribution is 2.19. The number of H-pyrrole nitrogens is 1. The Morgan fingerprint density at radius 2 is 2.20 bits per heavy atom. The molecule has 0 unspecified atom stereocenters. The number of hydrogen-bond donors (Lipinski definition) is 1. The highest BCUT2D eigenvalue weighted by molar-refractivity contribution is 5.96. The lowest BCUT2D eigenvalue weighted by molar-refractivity contribution is 0.0601. The van der Waals surface area contributed by atoms with Crippen molar-refractivity contribution in [3.63, 3.8) is 0 Å². The number of ether oxygens (including phenoxy) is 1. The first kappa shape index (κ1) is 9.39. The number of aromatic nitrogens is 3. The normalized spacial score (nSPS) is 9.93. The van der Waals surface area contributed by atoms with Gasteiger partial charge in [0.2, 0.25) is 0 Å². The summed E-state index contributed by atoms with van der Waals surface area (Å²) in [6.45, 7) is 0. The predicted octanol–water partition coefficient (Wildman–Crippen LogP) is 1.26. The Morgan fingerprint density at radius 1 is 1.40 bits per heavy atom. The Balaban J connectivity index is 2.52. The summed E-state index contributed by atoms with van der Waals surface area (Å²) in [6, 6.07) is 7.06. The summed E-state index contributed by atoms with van der Waals surface area (Å²) in [5.41, 5.74) is 1.15. The molecule has 0 radical (unpaired) electrons. The van der Waals surface area contributed by atoms with Gasteiger partial charge >= 0.3 is 5.97 Å². The molecule has 0 amide bonds. The van der Waals surface area contributed by atoms with Gasteiger partial charge in [0.05, 0.1) is 12.7 Å². The van der Waals surface area contributed by atoms with Crippen LogP contribution in [0.1, 0.15) is 10.4 Å². The third-order valence-corrected chi connectivity index (χ3v) is 2.00. The molecule has 1 aromatic carbocycles. The van der Waals surface area contributed by atoms with Crippen LogP contribution in [-0.2, 0) is 4.74 Å². The van der Waals surface area contributed by atoms with Gasteiger partial charge < -0.3 is 4.74 Å². The minimum Gasteiger partial charge on any atom is -0.465 e. The fourth-order valence-electron chi connectivity index (χ4n) is 1.31. The fourth-order valence-corrected chi connectivity index (χ4v) is 1.31. The van der Waals surface area contributed by atoms with E-state index in [4.69, 9.17) is 0 Å². The van der Waals surface area contributed by atoms with Crippen LogP contribution >= 0.6 is 0 Å². The van der Waals surface area contributed by atoms with E-state index in [0.717, 1.165) is 0 Å². The molecule has 1 aromatic heterocycles. The summed E-state index contributed by atoms with van der Waals surface area (Å²) in [5, 5.41) is 6.44. The van der Waals surface area contributed by atoms with E-state index in [-0.39, 0.29) is 5.97 Å². The van der Waals surface area contributed by atoms with E-state index in [1.807, 2.05) is 6.07 Å². The summed E-state index contributed by atoms with van der Waals surface area (Å²) in [4.78, 5) is 15.4. The second-order valence-corrected chi connectivity index (χ2v) is 2.87. The summed E-state index contributed by atoms with van der Waals surface area (Å²) < 4.78 is 4.67. The van der Waals surface area contributed by atoms with Crippen molar-refractivity contribution >= 4 is 5.97 Å². The van der Waals surface area contributed by atoms with Gasteiger partial charge in [-0.25, -0.2) is 9.78 Å². The second-order valence-electron chi connectivity index (χ2n) is 2.87. The van der Waals surface area contributed by atoms with Crippen LogP contribution in [0.5, 0.6) is 0 Å². The average molecular weight is 203 g/mol. The topological polar surface area (TPSA) is 67.9 Å². The molecule has 76 valence electrons. The maximum absolute atomic E-state index is 11.4. The minimum atomic E-state index is -0.387. The van der Waals surface area contributed by atoms with Crippen molar-refractivity contribution in [2.45, 2.75) is 0 Å². The largest absolute Gasteiger partial charge is 0.465 e. The van der Waals surface area contributed by atoms with Gasteiger partial charge in [-0.3, -0.25) is 5.10 Å². The number of hydrogen-bond acceptors (Lipinski definition) is 4. The standard InChI is InChI=1S/C10H9N3O2/c1-15-10(14)8-5-3-2-4-7(8)9-11-6-12-13-9/h2-6H,1H3,(H,11,12,13). The number of aromatic amines is 1. The van der Waals surface area contributed by atoms with Gasteiger partial charge in [-0.1, -0.05) is 18.2 Å². The van der Waals surface area contributed by atoms with Crippen molar-refractivity contribution in [1.29, 1.82) is 0 Å². The lowest BCUT2D eigenvalue weighted by Gasteiger charge is -2.03. The van der Waals surface area contributed by atoms with Crippen LogP contribution in [0.2, 0.25) is 0 Å². The Morgan fingerprint density at radius 3 is 2.87 bits per heavy atom. The van der Waals surface area contributed by atoms with Gasteiger partial charge in [0.15, 0.2) is 5.82 Å². The smallest absolute Gasteiger partial charge is 0.338 e. The molecule has 0 fully saturated rings. The number of carbonyl (C=O) groups excluding carboxylic acids is 1. The number of methoxy groups -OCH3 is 1. The zero-order chi connectivity index (χ0) is 10.7. The molecule has 0 bridgehead atoms. The molecule has 0 atom stereocenters. The van der Waals surface area contributed by atoms with Crippen LogP contribution in [0.4, 0.5) is 0 Å². The number of nitrogens with one attached hydrogen (secondary N) is 1. The summed E-state index contributed by atoms with van der Waals surface area (Å²) in [5.74, 6) is 0.165. The Kier molecular flexibility index (Phi) is 2.45. The molecule has 0 spiro atoms. The predicted molar refractivity (Wildman–Crippen MR) is 53.2 cm³/mol. The first-order valence-corrected chi connectivity index (χ1v) is 4.36. The summed E-state index contributed by atoms with van der Waals surface area (Å²) >= 11 is 0. The molecule has 5 nitrogen and oxygen atoms in total. The van der Waals surface area contributed by atoms with E-state index >= 15 is 0 Å². The zero-order valence-corrected chi connectivity index (χ0v) is 8.10. The maximum atomic E-state index is 11.4. The van der Waals surface area contributed by atoms with Gasteiger partial charge in [-0.05, 0) is 6.07 Å². The maximum Gasteiger partial charge on any atom is 0.338 e. The van der Waals surface area contributed by atoms with Crippen molar-refractivity contribution < 1.29 is 9.53 Å². The average Bonchev–Trinajstić information content (AvgIpc) is 2.81. The van der Waals surface area contributed by atoms with Crippen LogP contribution in [-0.4, -0.2) is 28.3 Å². The summed E-state index contributed by atoms with van der Waals surface area (Å²) in [6.07, 6.45) is 1.39. The van der Waals surface area contributed by atoms with Gasteiger partial charge in [0, 0.05) is 5.56 Å². The highest BCUT2D eigenvalue weighted by Gasteiger charge is 2.13. The monoisotopic (exact) mass is 203 g/mol. The molecule has 0 aliphatic carbocycles. The molecular weight excluding hydrogens is 194 g/mol. The molecule has 1 heterocycles. The van der Waals surface area contributed by atoms with Crippen LogP contribution in [0.3, 0.4) is 0 Å². The lowest BCUT2D eigenvalue weighted by Crippen LogP contribution is -2.03. The van der Waals surface area contributed by atoms with Crippen molar-refractivity contribution in [3.8, 4) is 11.4 Å². The molecule has 0 aliphatic rings. The fraction of sp³-hybridized carbons (Fsp3) is 0.100. The van der Waals surface area contributed by atoms with E-state index in [1.165, 1.54) is 13.4 Å². The van der Waals surface area contributed by atoms with E-state index in [9.17, 15) is 4.79 Å². The molecule has 0 aliphatic heterocycles. The molecular formula is C10H9N3O2. The van der Waals surface area contributed by atoms with Crippen LogP contribution < -0.4 is 0 Å². The third-order valence-electron chi connectivity index (χ3n) is 2.00. The van der Waals surface area contributed by atoms with Crippen molar-refractivity contribution in [2.75, 3.05) is 7.11 Å². The van der Waals surface area contributed by atoms with Crippen LogP contribution in [0.25, 0.3) is 11.4 Å². The van der Waals surface area contributed by atoms with Crippen molar-refractivity contribution in [1.82, 2.24) is 15.2 Å². The summed E-state index contributed by atoms with van der Waals surface area (Å²) in [7, 11) is 1.35. The van der Waals surface area contributed by atoms with Gasteiger partial charge in [-0.2, -0.15) is 5.10 Å².